The Labute approximate surface area is 107 Å². The zero-order chi connectivity index (χ0) is 13.2. The number of nitrogens with zero attached hydrogens (tertiary/aromatic N) is 1. The highest BCUT2D eigenvalue weighted by atomic mass is 32.2. The van der Waals surface area contributed by atoms with Crippen molar-refractivity contribution >= 4 is 10.0 Å². The molecule has 1 atom stereocenters. The third-order valence-corrected chi connectivity index (χ3v) is 5.05. The predicted molar refractivity (Wildman–Crippen MR) is 67.8 cm³/mol. The minimum Gasteiger partial charge on any atom is -0.330 e. The minimum absolute atomic E-state index is 0.0788. The van der Waals surface area contributed by atoms with E-state index in [2.05, 4.69) is 0 Å². The molecule has 0 bridgehead atoms. The highest BCUT2D eigenvalue weighted by molar-refractivity contribution is 7.88. The van der Waals surface area contributed by atoms with Crippen LogP contribution in [0.5, 0.6) is 0 Å². The molecule has 0 aliphatic carbocycles. The molecule has 0 saturated carbocycles. The Kier molecular flexibility index (Phi) is 3.99. The van der Waals surface area contributed by atoms with E-state index in [1.165, 1.54) is 28.6 Å². The summed E-state index contributed by atoms with van der Waals surface area (Å²) in [6, 6.07) is 5.56. The van der Waals surface area contributed by atoms with Crippen molar-refractivity contribution in [3.63, 3.8) is 0 Å². The van der Waals surface area contributed by atoms with Gasteiger partial charge in [-0.25, -0.2) is 17.1 Å². The van der Waals surface area contributed by atoms with Gasteiger partial charge >= 0.3 is 0 Å². The molecule has 1 heterocycles. The van der Waals surface area contributed by atoms with Gasteiger partial charge in [-0.2, -0.15) is 0 Å². The zero-order valence-corrected chi connectivity index (χ0v) is 10.9. The molecule has 1 aliphatic rings. The van der Waals surface area contributed by atoms with Crippen molar-refractivity contribution in [1.82, 2.24) is 4.31 Å². The molecule has 1 fully saturated rings. The second-order valence-electron chi connectivity index (χ2n) is 4.63. The van der Waals surface area contributed by atoms with Gasteiger partial charge < -0.3 is 5.73 Å². The topological polar surface area (TPSA) is 63.4 Å². The highest BCUT2D eigenvalue weighted by Gasteiger charge is 2.30. The van der Waals surface area contributed by atoms with Crippen LogP contribution in [-0.4, -0.2) is 32.4 Å². The molecule has 6 heteroatoms. The second kappa shape index (κ2) is 5.34. The van der Waals surface area contributed by atoms with Crippen LogP contribution < -0.4 is 5.73 Å². The quantitative estimate of drug-likeness (QED) is 0.887. The molecule has 0 spiro atoms. The molecule has 18 heavy (non-hydrogen) atoms. The Morgan fingerprint density at radius 2 is 2.00 bits per heavy atom. The average molecular weight is 272 g/mol. The van der Waals surface area contributed by atoms with Crippen molar-refractivity contribution in [2.75, 3.05) is 19.6 Å². The van der Waals surface area contributed by atoms with Crippen molar-refractivity contribution in [2.24, 2.45) is 11.7 Å². The molecule has 1 aliphatic heterocycles. The molecule has 100 valence electrons. The first-order valence-corrected chi connectivity index (χ1v) is 7.54. The van der Waals surface area contributed by atoms with E-state index in [1.54, 1.807) is 0 Å². The van der Waals surface area contributed by atoms with Crippen molar-refractivity contribution in [3.05, 3.63) is 35.6 Å². The standard InChI is InChI=1S/C12H17FN2O2S/c13-12-3-1-10(2-4-12)9-18(16,17)15-6-5-11(7-14)8-15/h1-4,11H,5-9,14H2/t11-/m1/s1. The number of halogens is 1. The largest absolute Gasteiger partial charge is 0.330 e. The average Bonchev–Trinajstić information content (AvgIpc) is 2.81. The summed E-state index contributed by atoms with van der Waals surface area (Å²) < 4.78 is 38.5. The summed E-state index contributed by atoms with van der Waals surface area (Å²) in [7, 11) is -3.31. The van der Waals surface area contributed by atoms with Gasteiger partial charge in [0.2, 0.25) is 10.0 Å². The van der Waals surface area contributed by atoms with Crippen LogP contribution in [0.15, 0.2) is 24.3 Å². The number of benzene rings is 1. The zero-order valence-electron chi connectivity index (χ0n) is 10.0. The number of nitrogens with two attached hydrogens (primary N) is 1. The van der Waals surface area contributed by atoms with Gasteiger partial charge in [-0.05, 0) is 36.6 Å². The lowest BCUT2D eigenvalue weighted by molar-refractivity contribution is 0.458. The van der Waals surface area contributed by atoms with E-state index in [1.807, 2.05) is 0 Å². The molecular formula is C12H17FN2O2S. The Bertz CT molecular complexity index is 501. The lowest BCUT2D eigenvalue weighted by atomic mass is 10.1. The summed E-state index contributed by atoms with van der Waals surface area (Å²) in [6.45, 7) is 1.55. The minimum atomic E-state index is -3.31. The number of hydrogen-bond acceptors (Lipinski definition) is 3. The van der Waals surface area contributed by atoms with E-state index in [0.29, 0.717) is 25.2 Å². The molecule has 0 radical (unpaired) electrons. The summed E-state index contributed by atoms with van der Waals surface area (Å²) in [4.78, 5) is 0. The van der Waals surface area contributed by atoms with E-state index in [0.717, 1.165) is 6.42 Å². The SMILES string of the molecule is NC[C@H]1CCN(S(=O)(=O)Cc2ccc(F)cc2)C1. The van der Waals surface area contributed by atoms with Crippen molar-refractivity contribution in [3.8, 4) is 0 Å². The lowest BCUT2D eigenvalue weighted by Gasteiger charge is -2.16. The van der Waals surface area contributed by atoms with Gasteiger partial charge in [-0.1, -0.05) is 12.1 Å². The normalized spacial score (nSPS) is 21.3. The van der Waals surface area contributed by atoms with E-state index in [-0.39, 0.29) is 17.5 Å². The van der Waals surface area contributed by atoms with Crippen LogP contribution in [0.4, 0.5) is 4.39 Å². The van der Waals surface area contributed by atoms with Crippen LogP contribution in [-0.2, 0) is 15.8 Å². The van der Waals surface area contributed by atoms with E-state index in [9.17, 15) is 12.8 Å². The maximum atomic E-state index is 12.7. The molecular weight excluding hydrogens is 255 g/mol. The second-order valence-corrected chi connectivity index (χ2v) is 6.60. The van der Waals surface area contributed by atoms with Crippen LogP contribution in [0.25, 0.3) is 0 Å². The first-order chi connectivity index (χ1) is 8.51. The number of sulfonamides is 1. The van der Waals surface area contributed by atoms with Gasteiger partial charge in [0.15, 0.2) is 0 Å². The fourth-order valence-corrected chi connectivity index (χ4v) is 3.74. The predicted octanol–water partition coefficient (Wildman–Crippen LogP) is 0.936. The van der Waals surface area contributed by atoms with Crippen LogP contribution in [0, 0.1) is 11.7 Å². The Hall–Kier alpha value is -0.980. The van der Waals surface area contributed by atoms with E-state index < -0.39 is 10.0 Å². The Balaban J connectivity index is 2.06. The van der Waals surface area contributed by atoms with Crippen LogP contribution in [0.2, 0.25) is 0 Å². The summed E-state index contributed by atoms with van der Waals surface area (Å²) in [6.07, 6.45) is 0.819. The summed E-state index contributed by atoms with van der Waals surface area (Å²) in [5.74, 6) is -0.182. The van der Waals surface area contributed by atoms with Gasteiger partial charge in [0.25, 0.3) is 0 Å². The van der Waals surface area contributed by atoms with Crippen molar-refractivity contribution in [2.45, 2.75) is 12.2 Å². The van der Waals surface area contributed by atoms with Gasteiger partial charge in [0.1, 0.15) is 5.82 Å². The molecule has 1 aromatic carbocycles. The van der Waals surface area contributed by atoms with Gasteiger partial charge in [0, 0.05) is 13.1 Å². The first kappa shape index (κ1) is 13.5. The molecule has 2 N–H and O–H groups in total. The molecule has 4 nitrogen and oxygen atoms in total. The first-order valence-electron chi connectivity index (χ1n) is 5.93. The molecule has 0 amide bonds. The fourth-order valence-electron chi connectivity index (χ4n) is 2.12. The third kappa shape index (κ3) is 3.07. The van der Waals surface area contributed by atoms with Crippen molar-refractivity contribution < 1.29 is 12.8 Å². The Morgan fingerprint density at radius 3 is 2.56 bits per heavy atom. The highest BCUT2D eigenvalue weighted by Crippen LogP contribution is 2.21. The summed E-state index contributed by atoms with van der Waals surface area (Å²) >= 11 is 0. The third-order valence-electron chi connectivity index (χ3n) is 3.24. The van der Waals surface area contributed by atoms with E-state index >= 15 is 0 Å². The van der Waals surface area contributed by atoms with Crippen LogP contribution in [0.3, 0.4) is 0 Å². The molecule has 1 aromatic rings. The van der Waals surface area contributed by atoms with Crippen molar-refractivity contribution in [1.29, 1.82) is 0 Å². The van der Waals surface area contributed by atoms with E-state index in [4.69, 9.17) is 5.73 Å². The fraction of sp³-hybridized carbons (Fsp3) is 0.500. The molecule has 0 aromatic heterocycles. The van der Waals surface area contributed by atoms with Gasteiger partial charge in [-0.15, -0.1) is 0 Å². The van der Waals surface area contributed by atoms with Gasteiger partial charge in [0.05, 0.1) is 5.75 Å². The number of hydrogen-bond donors (Lipinski definition) is 1. The molecule has 2 rings (SSSR count). The summed E-state index contributed by atoms with van der Waals surface area (Å²) in [5, 5.41) is 0. The van der Waals surface area contributed by atoms with Gasteiger partial charge in [-0.3, -0.25) is 0 Å². The molecule has 1 saturated heterocycles. The maximum Gasteiger partial charge on any atom is 0.218 e. The van der Waals surface area contributed by atoms with Crippen LogP contribution in [0.1, 0.15) is 12.0 Å². The van der Waals surface area contributed by atoms with Crippen LogP contribution >= 0.6 is 0 Å². The monoisotopic (exact) mass is 272 g/mol. The smallest absolute Gasteiger partial charge is 0.218 e. The Morgan fingerprint density at radius 1 is 1.33 bits per heavy atom. The lowest BCUT2D eigenvalue weighted by Crippen LogP contribution is -2.31. The number of rotatable bonds is 4. The molecule has 0 unspecified atom stereocenters. The summed E-state index contributed by atoms with van der Waals surface area (Å²) in [5.41, 5.74) is 6.15. The maximum absolute atomic E-state index is 12.7.